The fourth-order valence-electron chi connectivity index (χ4n) is 1.80. The molecule has 2 fully saturated rings. The maximum atomic E-state index is 13.4. The Morgan fingerprint density at radius 2 is 1.79 bits per heavy atom. The van der Waals surface area contributed by atoms with Gasteiger partial charge in [-0.15, -0.1) is 0 Å². The van der Waals surface area contributed by atoms with E-state index in [1.165, 1.54) is 0 Å². The predicted molar refractivity (Wildman–Crippen MR) is 49.5 cm³/mol. The van der Waals surface area contributed by atoms with Crippen LogP contribution in [0.25, 0.3) is 0 Å². The van der Waals surface area contributed by atoms with Gasteiger partial charge in [0.15, 0.2) is 5.67 Å². The number of hydrogen-bond acceptors (Lipinski definition) is 2. The molecule has 1 aliphatic heterocycles. The van der Waals surface area contributed by atoms with Crippen LogP contribution in [0.1, 0.15) is 32.6 Å². The van der Waals surface area contributed by atoms with Gasteiger partial charge in [0, 0.05) is 13.1 Å². The second-order valence-corrected chi connectivity index (χ2v) is 4.75. The Bertz CT molecular complexity index is 251. The van der Waals surface area contributed by atoms with Gasteiger partial charge >= 0.3 is 0 Å². The quantitative estimate of drug-likeness (QED) is 0.683. The highest BCUT2D eigenvalue weighted by Gasteiger charge is 2.53. The zero-order valence-electron chi connectivity index (χ0n) is 8.42. The van der Waals surface area contributed by atoms with Crippen LogP contribution in [0.4, 0.5) is 4.39 Å². The highest BCUT2D eigenvalue weighted by atomic mass is 19.1. The Hall–Kier alpha value is -0.640. The topological polar surface area (TPSA) is 40.5 Å². The van der Waals surface area contributed by atoms with E-state index < -0.39 is 11.3 Å². The van der Waals surface area contributed by atoms with Gasteiger partial charge in [-0.3, -0.25) is 4.79 Å². The highest BCUT2D eigenvalue weighted by molar-refractivity contribution is 5.88. The molecule has 2 aliphatic rings. The Morgan fingerprint density at radius 1 is 1.29 bits per heavy atom. The van der Waals surface area contributed by atoms with Crippen molar-refractivity contribution in [3.05, 3.63) is 0 Å². The molecule has 0 aromatic rings. The molecule has 0 atom stereocenters. The Kier molecular flexibility index (Phi) is 2.07. The Balaban J connectivity index is 1.92. The largest absolute Gasteiger partial charge is 0.390 e. The van der Waals surface area contributed by atoms with Gasteiger partial charge < -0.3 is 10.0 Å². The molecule has 0 unspecified atom stereocenters. The molecule has 0 spiro atoms. The SMILES string of the molecule is CC1(O)CCN(C(=O)C2(F)CC2)CC1. The van der Waals surface area contributed by atoms with Gasteiger partial charge in [0.2, 0.25) is 0 Å². The second-order valence-electron chi connectivity index (χ2n) is 4.75. The summed E-state index contributed by atoms with van der Waals surface area (Å²) in [4.78, 5) is 13.1. The summed E-state index contributed by atoms with van der Waals surface area (Å²) in [6, 6.07) is 0. The van der Waals surface area contributed by atoms with E-state index in [2.05, 4.69) is 0 Å². The molecule has 3 nitrogen and oxygen atoms in total. The van der Waals surface area contributed by atoms with Crippen LogP contribution in [0, 0.1) is 0 Å². The zero-order chi connectivity index (χ0) is 10.4. The predicted octanol–water partition coefficient (Wildman–Crippen LogP) is 0.862. The van der Waals surface area contributed by atoms with Crippen LogP contribution in [0.2, 0.25) is 0 Å². The fourth-order valence-corrected chi connectivity index (χ4v) is 1.80. The van der Waals surface area contributed by atoms with E-state index in [1.54, 1.807) is 11.8 Å². The molecule has 2 rings (SSSR count). The van der Waals surface area contributed by atoms with Crippen LogP contribution in [0.5, 0.6) is 0 Å². The van der Waals surface area contributed by atoms with E-state index in [-0.39, 0.29) is 5.91 Å². The summed E-state index contributed by atoms with van der Waals surface area (Å²) in [5.41, 5.74) is -2.23. The highest BCUT2D eigenvalue weighted by Crippen LogP contribution is 2.42. The minimum Gasteiger partial charge on any atom is -0.390 e. The lowest BCUT2D eigenvalue weighted by Gasteiger charge is -2.36. The smallest absolute Gasteiger partial charge is 0.260 e. The van der Waals surface area contributed by atoms with Gasteiger partial charge in [0.1, 0.15) is 0 Å². The Labute approximate surface area is 82.9 Å². The normalized spacial score (nSPS) is 28.6. The van der Waals surface area contributed by atoms with E-state index in [0.717, 1.165) is 0 Å². The first-order chi connectivity index (χ1) is 6.43. The lowest BCUT2D eigenvalue weighted by atomic mass is 9.93. The number of likely N-dealkylation sites (tertiary alicyclic amines) is 1. The average molecular weight is 201 g/mol. The number of carbonyl (C=O) groups excluding carboxylic acids is 1. The van der Waals surface area contributed by atoms with Crippen LogP contribution in [0.15, 0.2) is 0 Å². The molecule has 80 valence electrons. The van der Waals surface area contributed by atoms with Crippen LogP contribution in [-0.4, -0.2) is 40.3 Å². The van der Waals surface area contributed by atoms with Crippen molar-refractivity contribution >= 4 is 5.91 Å². The molecule has 1 heterocycles. The summed E-state index contributed by atoms with van der Waals surface area (Å²) in [6.45, 7) is 2.73. The first-order valence-corrected chi connectivity index (χ1v) is 5.14. The lowest BCUT2D eigenvalue weighted by molar-refractivity contribution is -0.141. The van der Waals surface area contributed by atoms with E-state index in [0.29, 0.717) is 38.8 Å². The van der Waals surface area contributed by atoms with E-state index in [9.17, 15) is 14.3 Å². The number of halogens is 1. The lowest BCUT2D eigenvalue weighted by Crippen LogP contribution is -2.48. The summed E-state index contributed by atoms with van der Waals surface area (Å²) < 4.78 is 13.4. The molecule has 1 saturated heterocycles. The maximum Gasteiger partial charge on any atom is 0.260 e. The number of hydrogen-bond donors (Lipinski definition) is 1. The van der Waals surface area contributed by atoms with Crippen molar-refractivity contribution in [2.24, 2.45) is 0 Å². The van der Waals surface area contributed by atoms with Crippen molar-refractivity contribution in [3.8, 4) is 0 Å². The van der Waals surface area contributed by atoms with Crippen molar-refractivity contribution in [1.29, 1.82) is 0 Å². The van der Waals surface area contributed by atoms with Crippen molar-refractivity contribution < 1.29 is 14.3 Å². The number of piperidine rings is 1. The molecule has 0 aromatic carbocycles. The minimum atomic E-state index is -1.55. The van der Waals surface area contributed by atoms with E-state index in [1.807, 2.05) is 0 Å². The van der Waals surface area contributed by atoms with Gasteiger partial charge in [0.05, 0.1) is 5.60 Å². The first-order valence-electron chi connectivity index (χ1n) is 5.14. The molecule has 1 amide bonds. The zero-order valence-corrected chi connectivity index (χ0v) is 8.42. The molecule has 4 heteroatoms. The monoisotopic (exact) mass is 201 g/mol. The van der Waals surface area contributed by atoms with Crippen LogP contribution in [-0.2, 0) is 4.79 Å². The number of carbonyl (C=O) groups is 1. The van der Waals surface area contributed by atoms with Gasteiger partial charge in [-0.25, -0.2) is 4.39 Å². The summed E-state index contributed by atoms with van der Waals surface area (Å²) in [5, 5.41) is 9.66. The number of amides is 1. The average Bonchev–Trinajstić information content (AvgIpc) is 2.84. The summed E-state index contributed by atoms with van der Waals surface area (Å²) in [6.07, 6.45) is 1.85. The first kappa shape index (κ1) is 9.90. The number of aliphatic hydroxyl groups is 1. The van der Waals surface area contributed by atoms with Crippen LogP contribution >= 0.6 is 0 Å². The second kappa shape index (κ2) is 2.92. The molecule has 0 bridgehead atoms. The minimum absolute atomic E-state index is 0.368. The number of alkyl halides is 1. The molecule has 1 N–H and O–H groups in total. The molecule has 0 radical (unpaired) electrons. The summed E-state index contributed by atoms with van der Waals surface area (Å²) in [7, 11) is 0. The molecular formula is C10H16FNO2. The molecular weight excluding hydrogens is 185 g/mol. The molecule has 1 saturated carbocycles. The van der Waals surface area contributed by atoms with Crippen molar-refractivity contribution in [2.45, 2.75) is 43.9 Å². The Morgan fingerprint density at radius 3 is 2.21 bits per heavy atom. The number of nitrogens with zero attached hydrogens (tertiary/aromatic N) is 1. The van der Waals surface area contributed by atoms with Crippen molar-refractivity contribution in [2.75, 3.05) is 13.1 Å². The van der Waals surface area contributed by atoms with Gasteiger partial charge in [0.25, 0.3) is 5.91 Å². The maximum absolute atomic E-state index is 13.4. The third kappa shape index (κ3) is 1.75. The molecule has 1 aliphatic carbocycles. The summed E-state index contributed by atoms with van der Waals surface area (Å²) in [5.74, 6) is -0.368. The summed E-state index contributed by atoms with van der Waals surface area (Å²) >= 11 is 0. The fraction of sp³-hybridized carbons (Fsp3) is 0.900. The van der Waals surface area contributed by atoms with Crippen molar-refractivity contribution in [3.63, 3.8) is 0 Å². The number of rotatable bonds is 1. The molecule has 14 heavy (non-hydrogen) atoms. The van der Waals surface area contributed by atoms with Crippen LogP contribution in [0.3, 0.4) is 0 Å². The standard InChI is InChI=1S/C10H16FNO2/c1-9(14)4-6-12(7-5-9)8(13)10(11)2-3-10/h14H,2-7H2,1H3. The van der Waals surface area contributed by atoms with Gasteiger partial charge in [-0.2, -0.15) is 0 Å². The van der Waals surface area contributed by atoms with Crippen molar-refractivity contribution in [1.82, 2.24) is 4.90 Å². The molecule has 0 aromatic heterocycles. The van der Waals surface area contributed by atoms with E-state index in [4.69, 9.17) is 0 Å². The van der Waals surface area contributed by atoms with Gasteiger partial charge in [-0.05, 0) is 32.6 Å². The van der Waals surface area contributed by atoms with Gasteiger partial charge in [-0.1, -0.05) is 0 Å². The van der Waals surface area contributed by atoms with Crippen LogP contribution < -0.4 is 0 Å². The van der Waals surface area contributed by atoms with E-state index >= 15 is 0 Å². The third-order valence-electron chi connectivity index (χ3n) is 3.20. The third-order valence-corrected chi connectivity index (χ3v) is 3.20.